The lowest BCUT2D eigenvalue weighted by molar-refractivity contribution is 0.178. The molecule has 3 nitrogen and oxygen atoms in total. The molecule has 0 radical (unpaired) electrons. The molecule has 96 valence electrons. The molecule has 1 saturated heterocycles. The second-order valence-electron chi connectivity index (χ2n) is 5.19. The van der Waals surface area contributed by atoms with Crippen LogP contribution in [0, 0.1) is 5.92 Å². The highest BCUT2D eigenvalue weighted by Crippen LogP contribution is 2.18. The molecule has 0 bridgehead atoms. The summed E-state index contributed by atoms with van der Waals surface area (Å²) >= 11 is 0. The molecule has 2 unspecified atom stereocenters. The minimum Gasteiger partial charge on any atom is -0.396 e. The highest BCUT2D eigenvalue weighted by molar-refractivity contribution is 4.78. The van der Waals surface area contributed by atoms with Crippen molar-refractivity contribution in [2.75, 3.05) is 33.3 Å². The van der Waals surface area contributed by atoms with Gasteiger partial charge in [0.2, 0.25) is 0 Å². The van der Waals surface area contributed by atoms with Crippen molar-refractivity contribution in [2.24, 2.45) is 5.92 Å². The summed E-state index contributed by atoms with van der Waals surface area (Å²) in [5, 5.41) is 12.3. The monoisotopic (exact) mass is 228 g/mol. The van der Waals surface area contributed by atoms with E-state index in [1.54, 1.807) is 0 Å². The van der Waals surface area contributed by atoms with Gasteiger partial charge in [-0.1, -0.05) is 0 Å². The molecule has 0 spiro atoms. The number of likely N-dealkylation sites (tertiary alicyclic amines) is 1. The van der Waals surface area contributed by atoms with E-state index in [1.807, 2.05) is 0 Å². The average Bonchev–Trinajstić information content (AvgIpc) is 2.28. The summed E-state index contributed by atoms with van der Waals surface area (Å²) < 4.78 is 0. The molecule has 0 amide bonds. The second kappa shape index (κ2) is 8.04. The molecule has 16 heavy (non-hydrogen) atoms. The molecule has 1 heterocycles. The van der Waals surface area contributed by atoms with Gasteiger partial charge in [-0.05, 0) is 65.1 Å². The average molecular weight is 228 g/mol. The zero-order chi connectivity index (χ0) is 11.8. The van der Waals surface area contributed by atoms with Crippen LogP contribution in [0.1, 0.15) is 39.0 Å². The first-order valence-electron chi connectivity index (χ1n) is 6.77. The minimum atomic E-state index is 0.336. The number of aliphatic hydroxyl groups is 1. The van der Waals surface area contributed by atoms with Crippen LogP contribution in [-0.4, -0.2) is 49.3 Å². The van der Waals surface area contributed by atoms with Gasteiger partial charge in [-0.3, -0.25) is 0 Å². The third-order valence-corrected chi connectivity index (χ3v) is 3.67. The number of rotatable bonds is 7. The van der Waals surface area contributed by atoms with Crippen molar-refractivity contribution in [1.82, 2.24) is 10.2 Å². The van der Waals surface area contributed by atoms with Crippen LogP contribution in [0.3, 0.4) is 0 Å². The van der Waals surface area contributed by atoms with Crippen molar-refractivity contribution >= 4 is 0 Å². The van der Waals surface area contributed by atoms with Crippen molar-refractivity contribution in [1.29, 1.82) is 0 Å². The van der Waals surface area contributed by atoms with E-state index in [0.717, 1.165) is 25.3 Å². The molecule has 1 aliphatic rings. The highest BCUT2D eigenvalue weighted by atomic mass is 16.2. The maximum Gasteiger partial charge on any atom is 0.0431 e. The number of nitrogens with one attached hydrogen (secondary N) is 1. The summed E-state index contributed by atoms with van der Waals surface area (Å²) in [5.41, 5.74) is 0. The molecular weight excluding hydrogens is 200 g/mol. The number of nitrogens with zero attached hydrogens (tertiary/aromatic N) is 1. The molecule has 0 aliphatic carbocycles. The summed E-state index contributed by atoms with van der Waals surface area (Å²) in [6.45, 7) is 6.25. The SMILES string of the molecule is CC(NCCCCCO)C1CCCN(C)C1. The van der Waals surface area contributed by atoms with Crippen molar-refractivity contribution < 1.29 is 5.11 Å². The summed E-state index contributed by atoms with van der Waals surface area (Å²) in [6.07, 6.45) is 5.99. The topological polar surface area (TPSA) is 35.5 Å². The fraction of sp³-hybridized carbons (Fsp3) is 1.00. The largest absolute Gasteiger partial charge is 0.396 e. The Bertz CT molecular complexity index is 175. The molecule has 0 aromatic carbocycles. The maximum absolute atomic E-state index is 8.68. The molecule has 0 aromatic heterocycles. The molecule has 2 atom stereocenters. The van der Waals surface area contributed by atoms with E-state index in [9.17, 15) is 0 Å². The van der Waals surface area contributed by atoms with Gasteiger partial charge in [0, 0.05) is 19.2 Å². The number of unbranched alkanes of at least 4 members (excludes halogenated alkanes) is 2. The van der Waals surface area contributed by atoms with E-state index >= 15 is 0 Å². The lowest BCUT2D eigenvalue weighted by atomic mass is 9.92. The normalized spacial score (nSPS) is 24.6. The Morgan fingerprint density at radius 2 is 2.19 bits per heavy atom. The van der Waals surface area contributed by atoms with Crippen molar-refractivity contribution in [3.8, 4) is 0 Å². The van der Waals surface area contributed by atoms with Gasteiger partial charge in [-0.2, -0.15) is 0 Å². The summed E-state index contributed by atoms with van der Waals surface area (Å²) in [4.78, 5) is 2.44. The first-order chi connectivity index (χ1) is 7.74. The first kappa shape index (κ1) is 13.9. The fourth-order valence-electron chi connectivity index (χ4n) is 2.52. The van der Waals surface area contributed by atoms with E-state index in [2.05, 4.69) is 24.2 Å². The quantitative estimate of drug-likeness (QED) is 0.648. The lowest BCUT2D eigenvalue weighted by Gasteiger charge is -2.34. The van der Waals surface area contributed by atoms with Crippen molar-refractivity contribution in [3.05, 3.63) is 0 Å². The van der Waals surface area contributed by atoms with Crippen LogP contribution in [0.15, 0.2) is 0 Å². The molecule has 0 saturated carbocycles. The van der Waals surface area contributed by atoms with Crippen LogP contribution in [0.5, 0.6) is 0 Å². The molecule has 1 rings (SSSR count). The Labute approximate surface area is 100 Å². The Hall–Kier alpha value is -0.120. The number of hydrogen-bond acceptors (Lipinski definition) is 3. The Morgan fingerprint density at radius 3 is 2.88 bits per heavy atom. The third kappa shape index (κ3) is 5.28. The summed E-state index contributed by atoms with van der Waals surface area (Å²) in [6, 6.07) is 0.636. The number of hydrogen-bond donors (Lipinski definition) is 2. The fourth-order valence-corrected chi connectivity index (χ4v) is 2.52. The van der Waals surface area contributed by atoms with Gasteiger partial charge in [0.05, 0.1) is 0 Å². The van der Waals surface area contributed by atoms with E-state index in [-0.39, 0.29) is 0 Å². The van der Waals surface area contributed by atoms with E-state index in [4.69, 9.17) is 5.11 Å². The Morgan fingerprint density at radius 1 is 1.38 bits per heavy atom. The molecule has 1 aliphatic heterocycles. The van der Waals surface area contributed by atoms with E-state index in [1.165, 1.54) is 32.4 Å². The van der Waals surface area contributed by atoms with Gasteiger partial charge in [-0.15, -0.1) is 0 Å². The van der Waals surface area contributed by atoms with Crippen LogP contribution in [0.25, 0.3) is 0 Å². The first-order valence-corrected chi connectivity index (χ1v) is 6.77. The third-order valence-electron chi connectivity index (χ3n) is 3.67. The molecular formula is C13H28N2O. The van der Waals surface area contributed by atoms with Gasteiger partial charge in [0.1, 0.15) is 0 Å². The van der Waals surface area contributed by atoms with Crippen LogP contribution in [0.2, 0.25) is 0 Å². The van der Waals surface area contributed by atoms with Crippen molar-refractivity contribution in [3.63, 3.8) is 0 Å². The van der Waals surface area contributed by atoms with Crippen LogP contribution in [0.4, 0.5) is 0 Å². The van der Waals surface area contributed by atoms with E-state index < -0.39 is 0 Å². The summed E-state index contributed by atoms with van der Waals surface area (Å²) in [7, 11) is 2.22. The predicted molar refractivity (Wildman–Crippen MR) is 68.6 cm³/mol. The van der Waals surface area contributed by atoms with Gasteiger partial charge in [0.25, 0.3) is 0 Å². The Balaban J connectivity index is 2.06. The van der Waals surface area contributed by atoms with Gasteiger partial charge in [-0.25, -0.2) is 0 Å². The smallest absolute Gasteiger partial charge is 0.0431 e. The molecule has 0 aromatic rings. The predicted octanol–water partition coefficient (Wildman–Crippen LogP) is 1.47. The second-order valence-corrected chi connectivity index (χ2v) is 5.19. The highest BCUT2D eigenvalue weighted by Gasteiger charge is 2.21. The maximum atomic E-state index is 8.68. The standard InChI is InChI=1S/C13H28N2O/c1-12(14-8-4-3-5-10-16)13-7-6-9-15(2)11-13/h12-14,16H,3-11H2,1-2H3. The zero-order valence-electron chi connectivity index (χ0n) is 10.9. The summed E-state index contributed by atoms with van der Waals surface area (Å²) in [5.74, 6) is 0.816. The zero-order valence-corrected chi connectivity index (χ0v) is 10.9. The van der Waals surface area contributed by atoms with Crippen LogP contribution >= 0.6 is 0 Å². The van der Waals surface area contributed by atoms with Gasteiger partial charge < -0.3 is 15.3 Å². The number of piperidine rings is 1. The molecule has 3 heteroatoms. The van der Waals surface area contributed by atoms with Crippen LogP contribution < -0.4 is 5.32 Å². The lowest BCUT2D eigenvalue weighted by Crippen LogP contribution is -2.43. The Kier molecular flexibility index (Phi) is 7.01. The number of aliphatic hydroxyl groups excluding tert-OH is 1. The molecule has 1 fully saturated rings. The minimum absolute atomic E-state index is 0.336. The molecule has 2 N–H and O–H groups in total. The van der Waals surface area contributed by atoms with Gasteiger partial charge in [0.15, 0.2) is 0 Å². The van der Waals surface area contributed by atoms with Crippen LogP contribution in [-0.2, 0) is 0 Å². The van der Waals surface area contributed by atoms with E-state index in [0.29, 0.717) is 12.6 Å². The van der Waals surface area contributed by atoms with Gasteiger partial charge >= 0.3 is 0 Å². The van der Waals surface area contributed by atoms with Crippen molar-refractivity contribution in [2.45, 2.75) is 45.1 Å².